The van der Waals surface area contributed by atoms with Crippen LogP contribution < -0.4 is 16.0 Å². The van der Waals surface area contributed by atoms with Gasteiger partial charge in [0.05, 0.1) is 16.5 Å². The summed E-state index contributed by atoms with van der Waals surface area (Å²) in [6.07, 6.45) is 4.48. The van der Waals surface area contributed by atoms with E-state index in [9.17, 15) is 13.2 Å². The first-order valence-electron chi connectivity index (χ1n) is 9.37. The monoisotopic (exact) mass is 543 g/mol. The molecule has 0 saturated carbocycles. The van der Waals surface area contributed by atoms with Gasteiger partial charge in [-0.2, -0.15) is 0 Å². The molecule has 2 heterocycles. The lowest BCUT2D eigenvalue weighted by Gasteiger charge is -2.13. The van der Waals surface area contributed by atoms with E-state index in [0.29, 0.717) is 25.5 Å². The summed E-state index contributed by atoms with van der Waals surface area (Å²) >= 11 is 1.72. The van der Waals surface area contributed by atoms with E-state index in [-0.39, 0.29) is 53.9 Å². The number of nitrogens with zero attached hydrogens (tertiary/aromatic N) is 2. The van der Waals surface area contributed by atoms with Gasteiger partial charge < -0.3 is 16.0 Å². The van der Waals surface area contributed by atoms with Gasteiger partial charge in [0.2, 0.25) is 5.91 Å². The van der Waals surface area contributed by atoms with Gasteiger partial charge in [0.25, 0.3) is 0 Å². The van der Waals surface area contributed by atoms with Gasteiger partial charge in [-0.3, -0.25) is 9.79 Å². The Labute approximate surface area is 188 Å². The van der Waals surface area contributed by atoms with E-state index >= 15 is 0 Å². The zero-order valence-electron chi connectivity index (χ0n) is 16.4. The molecule has 28 heavy (non-hydrogen) atoms. The Morgan fingerprint density at radius 2 is 2.14 bits per heavy atom. The van der Waals surface area contributed by atoms with E-state index in [1.54, 1.807) is 11.3 Å². The molecule has 2 rings (SSSR count). The molecule has 0 radical (unpaired) electrons. The summed E-state index contributed by atoms with van der Waals surface area (Å²) in [6.45, 7) is 5.89. The number of nitrogens with one attached hydrogen (secondary N) is 3. The number of amides is 1. The van der Waals surface area contributed by atoms with Crippen molar-refractivity contribution in [1.29, 1.82) is 0 Å². The van der Waals surface area contributed by atoms with Crippen LogP contribution in [0.4, 0.5) is 0 Å². The summed E-state index contributed by atoms with van der Waals surface area (Å²) in [7, 11) is -2.98. The average Bonchev–Trinajstić information content (AvgIpc) is 3.20. The second-order valence-electron chi connectivity index (χ2n) is 6.43. The molecule has 3 N–H and O–H groups in total. The van der Waals surface area contributed by atoms with Crippen molar-refractivity contribution in [2.75, 3.05) is 31.1 Å². The van der Waals surface area contributed by atoms with Crippen LogP contribution in [0.25, 0.3) is 0 Å². The number of carbonyl (C=O) groups is 1. The number of thiazole rings is 1. The molecule has 0 aromatic carbocycles. The molecule has 1 aromatic rings. The number of guanidine groups is 1. The maximum absolute atomic E-state index is 12.0. The van der Waals surface area contributed by atoms with Crippen LogP contribution in [-0.2, 0) is 27.5 Å². The summed E-state index contributed by atoms with van der Waals surface area (Å²) < 4.78 is 22.9. The highest BCUT2D eigenvalue weighted by atomic mass is 127. The number of carbonyl (C=O) groups excluding carboxylic acids is 1. The molecule has 1 saturated heterocycles. The zero-order chi connectivity index (χ0) is 19.7. The molecule has 8 nitrogen and oxygen atoms in total. The van der Waals surface area contributed by atoms with Crippen LogP contribution in [0.1, 0.15) is 36.6 Å². The van der Waals surface area contributed by atoms with Crippen LogP contribution in [0.3, 0.4) is 0 Å². The highest BCUT2D eigenvalue weighted by Gasteiger charge is 2.28. The van der Waals surface area contributed by atoms with Crippen molar-refractivity contribution >= 4 is 57.0 Å². The normalized spacial score (nSPS) is 18.4. The maximum atomic E-state index is 12.0. The summed E-state index contributed by atoms with van der Waals surface area (Å²) in [5.41, 5.74) is 0. The lowest BCUT2D eigenvalue weighted by molar-refractivity contribution is -0.121. The van der Waals surface area contributed by atoms with Crippen molar-refractivity contribution in [3.05, 3.63) is 16.1 Å². The van der Waals surface area contributed by atoms with Crippen molar-refractivity contribution in [2.45, 2.75) is 45.6 Å². The number of aromatic nitrogens is 1. The summed E-state index contributed by atoms with van der Waals surface area (Å²) in [6, 6.07) is -0.254. The molecule has 0 bridgehead atoms. The first-order valence-corrected chi connectivity index (χ1v) is 12.0. The van der Waals surface area contributed by atoms with Crippen molar-refractivity contribution in [3.8, 4) is 0 Å². The highest BCUT2D eigenvalue weighted by molar-refractivity contribution is 14.0. The molecule has 1 aliphatic heterocycles. The fraction of sp³-hybridized carbons (Fsp3) is 0.706. The van der Waals surface area contributed by atoms with Gasteiger partial charge in [0.1, 0.15) is 0 Å². The molecule has 1 aromatic heterocycles. The van der Waals surface area contributed by atoms with Gasteiger partial charge in [-0.15, -0.1) is 35.3 Å². The van der Waals surface area contributed by atoms with E-state index in [2.05, 4.69) is 32.9 Å². The summed E-state index contributed by atoms with van der Waals surface area (Å²) in [5.74, 6) is 0.732. The van der Waals surface area contributed by atoms with Gasteiger partial charge in [-0.25, -0.2) is 13.4 Å². The van der Waals surface area contributed by atoms with E-state index < -0.39 is 9.84 Å². The second kappa shape index (κ2) is 12.6. The van der Waals surface area contributed by atoms with Crippen molar-refractivity contribution < 1.29 is 13.2 Å². The van der Waals surface area contributed by atoms with Crippen LogP contribution in [0.2, 0.25) is 0 Å². The van der Waals surface area contributed by atoms with Gasteiger partial charge in [0.15, 0.2) is 15.8 Å². The lowest BCUT2D eigenvalue weighted by Crippen LogP contribution is -2.41. The van der Waals surface area contributed by atoms with E-state index in [0.717, 1.165) is 24.4 Å². The molecular weight excluding hydrogens is 513 g/mol. The minimum atomic E-state index is -2.98. The Kier molecular flexibility index (Phi) is 11.3. The number of rotatable bonds is 9. The average molecular weight is 543 g/mol. The molecule has 0 aliphatic carbocycles. The van der Waals surface area contributed by atoms with Crippen molar-refractivity contribution in [1.82, 2.24) is 20.9 Å². The number of hydrogen-bond donors (Lipinski definition) is 3. The summed E-state index contributed by atoms with van der Waals surface area (Å²) in [4.78, 5) is 22.1. The standard InChI is InChI=1S/C17H29N5O3S2.HI/c1-3-14-11-21-16(26-14)6-9-20-17(18-4-2)19-8-5-15(23)22-13-7-10-27(24,25)12-13;/h11,13H,3-10,12H2,1-2H3,(H,22,23)(H2,18,19,20);1H. The number of hydrogen-bond acceptors (Lipinski definition) is 6. The minimum Gasteiger partial charge on any atom is -0.357 e. The first kappa shape index (κ1) is 25.1. The molecule has 1 fully saturated rings. The molecule has 11 heteroatoms. The van der Waals surface area contributed by atoms with Gasteiger partial charge in [-0.1, -0.05) is 6.92 Å². The first-order chi connectivity index (χ1) is 12.9. The zero-order valence-corrected chi connectivity index (χ0v) is 20.3. The third-order valence-electron chi connectivity index (χ3n) is 4.13. The third kappa shape index (κ3) is 9.03. The number of halogens is 1. The van der Waals surface area contributed by atoms with Gasteiger partial charge >= 0.3 is 0 Å². The van der Waals surface area contributed by atoms with Crippen LogP contribution in [-0.4, -0.2) is 62.5 Å². The minimum absolute atomic E-state index is 0. The third-order valence-corrected chi connectivity index (χ3v) is 7.10. The quantitative estimate of drug-likeness (QED) is 0.245. The maximum Gasteiger partial charge on any atom is 0.222 e. The Balaban J connectivity index is 0.00000392. The van der Waals surface area contributed by atoms with Gasteiger partial charge in [0, 0.05) is 49.6 Å². The largest absolute Gasteiger partial charge is 0.357 e. The smallest absolute Gasteiger partial charge is 0.222 e. The Bertz CT molecular complexity index is 752. The van der Waals surface area contributed by atoms with Crippen LogP contribution in [0.5, 0.6) is 0 Å². The molecular formula is C17H30IN5O3S2. The molecule has 1 aliphatic rings. The van der Waals surface area contributed by atoms with Crippen LogP contribution in [0, 0.1) is 0 Å². The van der Waals surface area contributed by atoms with Crippen LogP contribution in [0.15, 0.2) is 11.2 Å². The fourth-order valence-corrected chi connectivity index (χ4v) is 5.26. The lowest BCUT2D eigenvalue weighted by atomic mass is 10.2. The Morgan fingerprint density at radius 1 is 1.36 bits per heavy atom. The predicted octanol–water partition coefficient (Wildman–Crippen LogP) is 1.11. The molecule has 1 amide bonds. The molecule has 0 spiro atoms. The summed E-state index contributed by atoms with van der Waals surface area (Å²) in [5, 5.41) is 10.2. The second-order valence-corrected chi connectivity index (χ2v) is 9.86. The highest BCUT2D eigenvalue weighted by Crippen LogP contribution is 2.13. The van der Waals surface area contributed by atoms with E-state index in [1.807, 2.05) is 13.1 Å². The topological polar surface area (TPSA) is 113 Å². The molecule has 160 valence electrons. The number of aliphatic imine (C=N–C) groups is 1. The van der Waals surface area contributed by atoms with Crippen molar-refractivity contribution in [3.63, 3.8) is 0 Å². The molecule has 1 atom stereocenters. The fourth-order valence-electron chi connectivity index (χ4n) is 2.74. The number of aryl methyl sites for hydroxylation is 1. The van der Waals surface area contributed by atoms with E-state index in [1.165, 1.54) is 4.88 Å². The number of sulfone groups is 1. The van der Waals surface area contributed by atoms with E-state index in [4.69, 9.17) is 0 Å². The SMILES string of the molecule is CCNC(=NCCc1ncc(CC)s1)NCCC(=O)NC1CCS(=O)(=O)C1.I. The molecule has 1 unspecified atom stereocenters. The van der Waals surface area contributed by atoms with Crippen LogP contribution >= 0.6 is 35.3 Å². The Morgan fingerprint density at radius 3 is 2.75 bits per heavy atom. The van der Waals surface area contributed by atoms with Crippen molar-refractivity contribution in [2.24, 2.45) is 4.99 Å². The Hall–Kier alpha value is -0.950. The van der Waals surface area contributed by atoms with Gasteiger partial charge in [-0.05, 0) is 19.8 Å². The predicted molar refractivity (Wildman–Crippen MR) is 124 cm³/mol.